The van der Waals surface area contributed by atoms with Crippen LogP contribution < -0.4 is 20.1 Å². The molecule has 3 aromatic rings. The van der Waals surface area contributed by atoms with Crippen molar-refractivity contribution in [2.75, 3.05) is 38.0 Å². The minimum absolute atomic E-state index is 0.295. The molecule has 8 nitrogen and oxygen atoms in total. The number of halogens is 1. The maximum Gasteiger partial charge on any atom is 0.410 e. The lowest BCUT2D eigenvalue weighted by Crippen LogP contribution is -2.36. The molecule has 0 spiro atoms. The maximum atomic E-state index is 13.7. The summed E-state index contributed by atoms with van der Waals surface area (Å²) in [5.41, 5.74) is 2.60. The summed E-state index contributed by atoms with van der Waals surface area (Å²) in [4.78, 5) is 28.4. The van der Waals surface area contributed by atoms with E-state index in [-0.39, 0.29) is 17.8 Å². The van der Waals surface area contributed by atoms with Gasteiger partial charge in [-0.05, 0) is 48.7 Å². The number of carbonyl (C=O) groups excluding carboxylic acids is 2. The molecule has 4 rings (SSSR count). The van der Waals surface area contributed by atoms with Gasteiger partial charge in [0.05, 0.1) is 38.6 Å². The number of hydrogen-bond donors (Lipinski definition) is 2. The zero-order valence-corrected chi connectivity index (χ0v) is 21.2. The second-order valence-corrected chi connectivity index (χ2v) is 9.19. The summed E-state index contributed by atoms with van der Waals surface area (Å²) >= 11 is 1.41. The fraction of sp³-hybridized carbons (Fsp3) is 0.308. The first kappa shape index (κ1) is 25.3. The number of ether oxygens (including phenoxy) is 3. The van der Waals surface area contributed by atoms with Gasteiger partial charge < -0.3 is 29.7 Å². The number of methoxy groups -OCH3 is 2. The van der Waals surface area contributed by atoms with Crippen molar-refractivity contribution < 1.29 is 28.2 Å². The molecular weight excluding hydrogens is 485 g/mol. The number of thiophene rings is 1. The highest BCUT2D eigenvalue weighted by atomic mass is 32.1. The lowest BCUT2D eigenvalue weighted by Gasteiger charge is -2.26. The zero-order valence-electron chi connectivity index (χ0n) is 20.4. The highest BCUT2D eigenvalue weighted by Crippen LogP contribution is 2.39. The minimum Gasteiger partial charge on any atom is -0.497 e. The van der Waals surface area contributed by atoms with Crippen molar-refractivity contribution in [1.82, 2.24) is 4.90 Å². The molecule has 2 aromatic carbocycles. The van der Waals surface area contributed by atoms with Crippen LogP contribution in [-0.4, -0.2) is 44.3 Å². The Balaban J connectivity index is 1.65. The zero-order chi connectivity index (χ0) is 25.7. The van der Waals surface area contributed by atoms with E-state index in [0.29, 0.717) is 60.4 Å². The van der Waals surface area contributed by atoms with E-state index in [1.807, 2.05) is 6.07 Å². The topological polar surface area (TPSA) is 89.1 Å². The lowest BCUT2D eigenvalue weighted by atomic mass is 10.0. The Morgan fingerprint density at radius 1 is 1.14 bits per heavy atom. The van der Waals surface area contributed by atoms with Crippen LogP contribution in [0.5, 0.6) is 11.5 Å². The summed E-state index contributed by atoms with van der Waals surface area (Å²) < 4.78 is 29.5. The molecule has 1 aromatic heterocycles. The van der Waals surface area contributed by atoms with Gasteiger partial charge in [-0.15, -0.1) is 11.3 Å². The molecule has 1 aliphatic rings. The van der Waals surface area contributed by atoms with Gasteiger partial charge in [0.1, 0.15) is 22.3 Å². The first-order valence-corrected chi connectivity index (χ1v) is 12.3. The van der Waals surface area contributed by atoms with Crippen LogP contribution >= 0.6 is 11.3 Å². The molecule has 0 atom stereocenters. The summed E-state index contributed by atoms with van der Waals surface area (Å²) in [6.45, 7) is 3.19. The first-order chi connectivity index (χ1) is 17.4. The summed E-state index contributed by atoms with van der Waals surface area (Å²) in [6.07, 6.45) is 0.127. The third kappa shape index (κ3) is 5.54. The van der Waals surface area contributed by atoms with E-state index in [1.54, 1.807) is 43.2 Å². The van der Waals surface area contributed by atoms with Crippen molar-refractivity contribution in [3.8, 4) is 11.5 Å². The Kier molecular flexibility index (Phi) is 7.94. The van der Waals surface area contributed by atoms with Crippen LogP contribution in [0.4, 0.5) is 19.9 Å². The van der Waals surface area contributed by atoms with Crippen molar-refractivity contribution in [3.05, 3.63) is 69.8 Å². The second kappa shape index (κ2) is 11.3. The number of amides is 2. The highest BCUT2D eigenvalue weighted by molar-refractivity contribution is 7.16. The quantitative estimate of drug-likeness (QED) is 0.426. The Bertz CT molecular complexity index is 1260. The monoisotopic (exact) mass is 513 g/mol. The van der Waals surface area contributed by atoms with E-state index < -0.39 is 0 Å². The third-order valence-electron chi connectivity index (χ3n) is 5.81. The predicted molar refractivity (Wildman–Crippen MR) is 137 cm³/mol. The summed E-state index contributed by atoms with van der Waals surface area (Å²) in [5.74, 6) is 0.433. The average molecular weight is 514 g/mol. The fourth-order valence-electron chi connectivity index (χ4n) is 4.06. The van der Waals surface area contributed by atoms with Crippen molar-refractivity contribution in [3.63, 3.8) is 0 Å². The highest BCUT2D eigenvalue weighted by Gasteiger charge is 2.30. The third-order valence-corrected chi connectivity index (χ3v) is 6.98. The Hall–Kier alpha value is -3.79. The SMILES string of the molecule is CCOC(=O)N1CCc2c(sc(NCc3cccc(F)c3)c2C(=O)Nc2cc(OC)ccc2OC)C1. The number of benzene rings is 2. The van der Waals surface area contributed by atoms with E-state index in [0.717, 1.165) is 16.0 Å². The maximum absolute atomic E-state index is 13.7. The van der Waals surface area contributed by atoms with Crippen LogP contribution in [0.2, 0.25) is 0 Å². The fourth-order valence-corrected chi connectivity index (χ4v) is 5.32. The molecule has 2 amide bonds. The van der Waals surface area contributed by atoms with Gasteiger partial charge in [-0.1, -0.05) is 12.1 Å². The molecule has 0 saturated heterocycles. The van der Waals surface area contributed by atoms with Crippen LogP contribution in [0.1, 0.15) is 33.3 Å². The molecule has 1 aliphatic heterocycles. The summed E-state index contributed by atoms with van der Waals surface area (Å²) in [7, 11) is 3.08. The molecular formula is C26H28FN3O5S. The van der Waals surface area contributed by atoms with E-state index in [2.05, 4.69) is 10.6 Å². The predicted octanol–water partition coefficient (Wildman–Crippen LogP) is 5.28. The second-order valence-electron chi connectivity index (χ2n) is 8.08. The van der Waals surface area contributed by atoms with Crippen LogP contribution in [0.3, 0.4) is 0 Å². The van der Waals surface area contributed by atoms with Gasteiger partial charge in [0, 0.05) is 24.0 Å². The number of nitrogens with one attached hydrogen (secondary N) is 2. The van der Waals surface area contributed by atoms with Crippen LogP contribution in [0.25, 0.3) is 0 Å². The van der Waals surface area contributed by atoms with Crippen molar-refractivity contribution in [1.29, 1.82) is 0 Å². The Morgan fingerprint density at radius 2 is 1.97 bits per heavy atom. The molecule has 0 bridgehead atoms. The molecule has 2 heterocycles. The van der Waals surface area contributed by atoms with Gasteiger partial charge in [-0.2, -0.15) is 0 Å². The van der Waals surface area contributed by atoms with E-state index in [4.69, 9.17) is 14.2 Å². The smallest absolute Gasteiger partial charge is 0.410 e. The number of fused-ring (bicyclic) bond motifs is 1. The molecule has 0 unspecified atom stereocenters. The molecule has 10 heteroatoms. The molecule has 0 fully saturated rings. The van der Waals surface area contributed by atoms with Gasteiger partial charge in [-0.3, -0.25) is 4.79 Å². The molecule has 2 N–H and O–H groups in total. The van der Waals surface area contributed by atoms with E-state index >= 15 is 0 Å². The number of hydrogen-bond acceptors (Lipinski definition) is 7. The minimum atomic E-state index is -0.377. The number of carbonyl (C=O) groups is 2. The first-order valence-electron chi connectivity index (χ1n) is 11.5. The normalized spacial score (nSPS) is 12.5. The van der Waals surface area contributed by atoms with E-state index in [9.17, 15) is 14.0 Å². The van der Waals surface area contributed by atoms with Crippen LogP contribution in [0, 0.1) is 5.82 Å². The summed E-state index contributed by atoms with van der Waals surface area (Å²) in [5, 5.41) is 6.90. The number of rotatable bonds is 8. The molecule has 0 radical (unpaired) electrons. The van der Waals surface area contributed by atoms with Crippen LogP contribution in [-0.2, 0) is 24.2 Å². The number of anilines is 2. The Morgan fingerprint density at radius 3 is 2.69 bits per heavy atom. The van der Waals surface area contributed by atoms with Gasteiger partial charge in [0.2, 0.25) is 0 Å². The molecule has 0 saturated carbocycles. The van der Waals surface area contributed by atoms with Crippen LogP contribution in [0.15, 0.2) is 42.5 Å². The number of nitrogens with zero attached hydrogens (tertiary/aromatic N) is 1. The molecule has 190 valence electrons. The van der Waals surface area contributed by atoms with Crippen molar-refractivity contribution in [2.45, 2.75) is 26.4 Å². The van der Waals surface area contributed by atoms with E-state index in [1.165, 1.54) is 30.6 Å². The van der Waals surface area contributed by atoms with Gasteiger partial charge in [0.25, 0.3) is 5.91 Å². The summed E-state index contributed by atoms with van der Waals surface area (Å²) in [6, 6.07) is 11.5. The van der Waals surface area contributed by atoms with Gasteiger partial charge in [0.15, 0.2) is 0 Å². The van der Waals surface area contributed by atoms with Gasteiger partial charge in [-0.25, -0.2) is 9.18 Å². The molecule has 0 aliphatic carbocycles. The molecule has 36 heavy (non-hydrogen) atoms. The lowest BCUT2D eigenvalue weighted by molar-refractivity contribution is 0.102. The largest absolute Gasteiger partial charge is 0.497 e. The van der Waals surface area contributed by atoms with Crippen molar-refractivity contribution in [2.24, 2.45) is 0 Å². The van der Waals surface area contributed by atoms with Gasteiger partial charge >= 0.3 is 6.09 Å². The standard InChI is InChI=1S/C26H28FN3O5S/c1-4-35-26(32)30-11-10-19-22(15-30)36-25(28-14-16-6-5-7-17(27)12-16)23(19)24(31)29-20-13-18(33-2)8-9-21(20)34-3/h5-9,12-13,28H,4,10-11,14-15H2,1-3H3,(H,29,31). The Labute approximate surface area is 213 Å². The van der Waals surface area contributed by atoms with Crippen molar-refractivity contribution >= 4 is 34.0 Å². The average Bonchev–Trinajstić information content (AvgIpc) is 3.25.